The number of anilines is 1. The van der Waals surface area contributed by atoms with E-state index in [9.17, 15) is 0 Å². The van der Waals surface area contributed by atoms with E-state index < -0.39 is 0 Å². The summed E-state index contributed by atoms with van der Waals surface area (Å²) in [5.41, 5.74) is 1.32. The Morgan fingerprint density at radius 1 is 1.50 bits per heavy atom. The zero-order valence-corrected chi connectivity index (χ0v) is 8.92. The fourth-order valence-electron chi connectivity index (χ4n) is 1.32. The van der Waals surface area contributed by atoms with Crippen LogP contribution in [0.4, 0.5) is 5.82 Å². The number of aromatic nitrogens is 2. The molecule has 2 heterocycles. The van der Waals surface area contributed by atoms with Gasteiger partial charge in [0.25, 0.3) is 0 Å². The third-order valence-electron chi connectivity index (χ3n) is 2.07. The lowest BCUT2D eigenvalue weighted by Gasteiger charge is -2.06. The third-order valence-corrected chi connectivity index (χ3v) is 2.80. The summed E-state index contributed by atoms with van der Waals surface area (Å²) in [6, 6.07) is 4.13. The summed E-state index contributed by atoms with van der Waals surface area (Å²) < 4.78 is 1.95. The molecule has 0 aliphatic carbocycles. The second-order valence-corrected chi connectivity index (χ2v) is 3.80. The molecule has 0 aliphatic heterocycles. The van der Waals surface area contributed by atoms with Gasteiger partial charge in [0, 0.05) is 19.2 Å². The second kappa shape index (κ2) is 4.28. The average Bonchev–Trinajstić information content (AvgIpc) is 2.85. The van der Waals surface area contributed by atoms with Gasteiger partial charge in [0.15, 0.2) is 0 Å². The van der Waals surface area contributed by atoms with Gasteiger partial charge in [0.1, 0.15) is 5.82 Å². The molecule has 1 N–H and O–H groups in total. The molecule has 0 radical (unpaired) electrons. The van der Waals surface area contributed by atoms with Crippen LogP contribution in [0.5, 0.6) is 0 Å². The number of nitrogens with zero attached hydrogens (tertiary/aromatic N) is 2. The van der Waals surface area contributed by atoms with Crippen LogP contribution in [0.15, 0.2) is 29.1 Å². The van der Waals surface area contributed by atoms with Gasteiger partial charge in [-0.25, -0.2) is 0 Å². The molecule has 2 aromatic rings. The number of hydrogen-bond donors (Lipinski definition) is 1. The summed E-state index contributed by atoms with van der Waals surface area (Å²) in [6.45, 7) is 3.86. The van der Waals surface area contributed by atoms with Crippen LogP contribution in [-0.2, 0) is 13.1 Å². The van der Waals surface area contributed by atoms with Crippen molar-refractivity contribution in [2.24, 2.45) is 0 Å². The molecule has 14 heavy (non-hydrogen) atoms. The van der Waals surface area contributed by atoms with Crippen molar-refractivity contribution in [3.8, 4) is 0 Å². The molecule has 0 saturated heterocycles. The Labute approximate surface area is 87.4 Å². The van der Waals surface area contributed by atoms with E-state index in [1.54, 1.807) is 11.3 Å². The fourth-order valence-corrected chi connectivity index (χ4v) is 1.99. The van der Waals surface area contributed by atoms with E-state index in [2.05, 4.69) is 34.2 Å². The summed E-state index contributed by atoms with van der Waals surface area (Å²) in [7, 11) is 0. The molecule has 0 aromatic carbocycles. The number of hydrogen-bond acceptors (Lipinski definition) is 3. The Morgan fingerprint density at radius 2 is 2.43 bits per heavy atom. The SMILES string of the molecule is CCn1nccc1NCc1ccsc1. The Balaban J connectivity index is 1.98. The molecule has 0 amide bonds. The molecule has 0 fully saturated rings. The highest BCUT2D eigenvalue weighted by Crippen LogP contribution is 2.10. The maximum atomic E-state index is 4.19. The first-order chi connectivity index (χ1) is 6.90. The van der Waals surface area contributed by atoms with Crippen LogP contribution in [0.1, 0.15) is 12.5 Å². The second-order valence-electron chi connectivity index (χ2n) is 3.02. The molecule has 0 unspecified atom stereocenters. The van der Waals surface area contributed by atoms with Crippen LogP contribution >= 0.6 is 11.3 Å². The summed E-state index contributed by atoms with van der Waals surface area (Å²) in [5, 5.41) is 11.8. The highest BCUT2D eigenvalue weighted by Gasteiger charge is 1.99. The number of thiophene rings is 1. The first-order valence-electron chi connectivity index (χ1n) is 4.67. The molecule has 0 spiro atoms. The van der Waals surface area contributed by atoms with Gasteiger partial charge in [0.05, 0.1) is 6.20 Å². The summed E-state index contributed by atoms with van der Waals surface area (Å²) in [5.74, 6) is 1.08. The van der Waals surface area contributed by atoms with Crippen LogP contribution in [0.2, 0.25) is 0 Å². The molecular weight excluding hydrogens is 194 g/mol. The maximum absolute atomic E-state index is 4.19. The van der Waals surface area contributed by atoms with E-state index in [1.165, 1.54) is 5.56 Å². The van der Waals surface area contributed by atoms with E-state index in [1.807, 2.05) is 16.9 Å². The van der Waals surface area contributed by atoms with Crippen LogP contribution < -0.4 is 5.32 Å². The quantitative estimate of drug-likeness (QED) is 0.835. The van der Waals surface area contributed by atoms with Crippen LogP contribution in [0.3, 0.4) is 0 Å². The van der Waals surface area contributed by atoms with Gasteiger partial charge in [-0.3, -0.25) is 4.68 Å². The molecule has 0 aliphatic rings. The van der Waals surface area contributed by atoms with E-state index in [0.717, 1.165) is 18.9 Å². The van der Waals surface area contributed by atoms with E-state index in [-0.39, 0.29) is 0 Å². The van der Waals surface area contributed by atoms with Crippen LogP contribution in [0.25, 0.3) is 0 Å². The van der Waals surface area contributed by atoms with Gasteiger partial charge in [-0.15, -0.1) is 0 Å². The zero-order chi connectivity index (χ0) is 9.80. The minimum absolute atomic E-state index is 0.870. The molecule has 4 heteroatoms. The molecular formula is C10H13N3S. The number of rotatable bonds is 4. The standard InChI is InChI=1S/C10H13N3S/c1-2-13-10(3-5-12-13)11-7-9-4-6-14-8-9/h3-6,8,11H,2,7H2,1H3. The van der Waals surface area contributed by atoms with E-state index >= 15 is 0 Å². The van der Waals surface area contributed by atoms with Crippen molar-refractivity contribution in [2.45, 2.75) is 20.0 Å². The average molecular weight is 207 g/mol. The summed E-state index contributed by atoms with van der Waals surface area (Å²) >= 11 is 1.72. The molecule has 74 valence electrons. The molecule has 0 atom stereocenters. The van der Waals surface area contributed by atoms with Crippen molar-refractivity contribution in [3.63, 3.8) is 0 Å². The Hall–Kier alpha value is -1.29. The molecule has 0 bridgehead atoms. The first-order valence-corrected chi connectivity index (χ1v) is 5.61. The highest BCUT2D eigenvalue weighted by molar-refractivity contribution is 7.07. The van der Waals surface area contributed by atoms with E-state index in [4.69, 9.17) is 0 Å². The van der Waals surface area contributed by atoms with Gasteiger partial charge in [-0.1, -0.05) is 0 Å². The smallest absolute Gasteiger partial charge is 0.124 e. The Kier molecular flexibility index (Phi) is 2.84. The first kappa shape index (κ1) is 9.27. The molecule has 2 rings (SSSR count). The zero-order valence-electron chi connectivity index (χ0n) is 8.10. The normalized spacial score (nSPS) is 10.4. The molecule has 0 saturated carbocycles. The van der Waals surface area contributed by atoms with Crippen molar-refractivity contribution < 1.29 is 0 Å². The lowest BCUT2D eigenvalue weighted by Crippen LogP contribution is -2.06. The van der Waals surface area contributed by atoms with Crippen LogP contribution in [0, 0.1) is 0 Å². The largest absolute Gasteiger partial charge is 0.366 e. The molecule has 3 nitrogen and oxygen atoms in total. The topological polar surface area (TPSA) is 29.9 Å². The Morgan fingerprint density at radius 3 is 3.14 bits per heavy atom. The lowest BCUT2D eigenvalue weighted by molar-refractivity contribution is 0.664. The van der Waals surface area contributed by atoms with Gasteiger partial charge in [-0.05, 0) is 29.3 Å². The van der Waals surface area contributed by atoms with Crippen molar-refractivity contribution in [1.82, 2.24) is 9.78 Å². The van der Waals surface area contributed by atoms with Crippen LogP contribution in [-0.4, -0.2) is 9.78 Å². The van der Waals surface area contributed by atoms with Crippen molar-refractivity contribution in [3.05, 3.63) is 34.7 Å². The van der Waals surface area contributed by atoms with Gasteiger partial charge in [0.2, 0.25) is 0 Å². The Bertz CT molecular complexity index is 378. The summed E-state index contributed by atoms with van der Waals surface area (Å²) in [6.07, 6.45) is 1.82. The highest BCUT2D eigenvalue weighted by atomic mass is 32.1. The number of nitrogens with one attached hydrogen (secondary N) is 1. The predicted molar refractivity (Wildman–Crippen MR) is 59.5 cm³/mol. The van der Waals surface area contributed by atoms with Gasteiger partial charge in [-0.2, -0.15) is 16.4 Å². The van der Waals surface area contributed by atoms with Crippen molar-refractivity contribution in [1.29, 1.82) is 0 Å². The van der Waals surface area contributed by atoms with Crippen molar-refractivity contribution >= 4 is 17.2 Å². The molecule has 2 aromatic heterocycles. The van der Waals surface area contributed by atoms with E-state index in [0.29, 0.717) is 0 Å². The van der Waals surface area contributed by atoms with Gasteiger partial charge < -0.3 is 5.32 Å². The minimum Gasteiger partial charge on any atom is -0.366 e. The third kappa shape index (κ3) is 1.96. The predicted octanol–water partition coefficient (Wildman–Crippen LogP) is 2.58. The minimum atomic E-state index is 0.870. The summed E-state index contributed by atoms with van der Waals surface area (Å²) in [4.78, 5) is 0. The van der Waals surface area contributed by atoms with Gasteiger partial charge >= 0.3 is 0 Å². The monoisotopic (exact) mass is 207 g/mol. The maximum Gasteiger partial charge on any atom is 0.124 e. The number of aryl methyl sites for hydroxylation is 1. The fraction of sp³-hybridized carbons (Fsp3) is 0.300. The lowest BCUT2D eigenvalue weighted by atomic mass is 10.3. The van der Waals surface area contributed by atoms with Crippen molar-refractivity contribution in [2.75, 3.05) is 5.32 Å².